The second-order valence-electron chi connectivity index (χ2n) is 6.01. The van der Waals surface area contributed by atoms with Gasteiger partial charge in [-0.25, -0.2) is 15.0 Å². The number of halogens is 1. The second-order valence-corrected chi connectivity index (χ2v) is 7.19. The van der Waals surface area contributed by atoms with Gasteiger partial charge in [-0.15, -0.1) is 0 Å². The van der Waals surface area contributed by atoms with Crippen molar-refractivity contribution in [3.8, 4) is 16.9 Å². The Kier molecular flexibility index (Phi) is 5.30. The number of nitrogens with two attached hydrogens (primary N) is 1. The molecule has 0 aliphatic carbocycles. The van der Waals surface area contributed by atoms with Crippen molar-refractivity contribution in [3.05, 3.63) is 35.5 Å². The molecule has 2 aromatic heterocycles. The molecule has 7 heteroatoms. The van der Waals surface area contributed by atoms with E-state index in [1.165, 1.54) is 11.8 Å². The molecule has 25 heavy (non-hydrogen) atoms. The van der Waals surface area contributed by atoms with Gasteiger partial charge >= 0.3 is 0 Å². The molecule has 130 valence electrons. The Morgan fingerprint density at radius 1 is 1.28 bits per heavy atom. The lowest BCUT2D eigenvalue weighted by molar-refractivity contribution is 0.272. The molecule has 1 aromatic carbocycles. The molecule has 0 saturated heterocycles. The standard InChI is InChI=1S/C18H19ClN4OS/c1-10(2)9-24-14-6-4-5-13(19)15(14)12-7-11-8-21-18(25-3)23-17(11)22-16(12)20/h4-8,10H,9H2,1-3H3,(H2,20,21,22,23). The molecule has 0 amide bonds. The van der Waals surface area contributed by atoms with Crippen LogP contribution in [-0.4, -0.2) is 27.8 Å². The molecule has 5 nitrogen and oxygen atoms in total. The molecular formula is C18H19ClN4OS. The first kappa shape index (κ1) is 17.8. The average Bonchev–Trinajstić information content (AvgIpc) is 2.59. The Hall–Kier alpha value is -2.05. The fourth-order valence-electron chi connectivity index (χ4n) is 2.40. The summed E-state index contributed by atoms with van der Waals surface area (Å²) in [6.45, 7) is 4.78. The Morgan fingerprint density at radius 3 is 2.80 bits per heavy atom. The van der Waals surface area contributed by atoms with Crippen molar-refractivity contribution in [2.75, 3.05) is 18.6 Å². The Bertz CT molecular complexity index is 917. The van der Waals surface area contributed by atoms with Crippen molar-refractivity contribution in [1.82, 2.24) is 15.0 Å². The van der Waals surface area contributed by atoms with Gasteiger partial charge in [-0.05, 0) is 30.4 Å². The molecule has 0 atom stereocenters. The number of fused-ring (bicyclic) bond motifs is 1. The van der Waals surface area contributed by atoms with E-state index < -0.39 is 0 Å². The van der Waals surface area contributed by atoms with Crippen LogP contribution in [0.1, 0.15) is 13.8 Å². The lowest BCUT2D eigenvalue weighted by Gasteiger charge is -2.16. The van der Waals surface area contributed by atoms with Gasteiger partial charge in [0.1, 0.15) is 11.6 Å². The van der Waals surface area contributed by atoms with Crippen LogP contribution >= 0.6 is 23.4 Å². The number of pyridine rings is 1. The lowest BCUT2D eigenvalue weighted by atomic mass is 10.0. The predicted molar refractivity (Wildman–Crippen MR) is 104 cm³/mol. The highest BCUT2D eigenvalue weighted by Gasteiger charge is 2.16. The van der Waals surface area contributed by atoms with Crippen LogP contribution in [0.15, 0.2) is 35.6 Å². The fourth-order valence-corrected chi connectivity index (χ4v) is 3.01. The molecule has 0 fully saturated rings. The topological polar surface area (TPSA) is 73.9 Å². The number of aromatic nitrogens is 3. The monoisotopic (exact) mass is 374 g/mol. The van der Waals surface area contributed by atoms with E-state index in [-0.39, 0.29) is 0 Å². The third-order valence-corrected chi connectivity index (χ3v) is 4.45. The van der Waals surface area contributed by atoms with Gasteiger partial charge in [0.15, 0.2) is 10.8 Å². The minimum Gasteiger partial charge on any atom is -0.493 e. The van der Waals surface area contributed by atoms with Crippen LogP contribution in [0.3, 0.4) is 0 Å². The van der Waals surface area contributed by atoms with Crippen molar-refractivity contribution >= 4 is 40.2 Å². The first-order valence-corrected chi connectivity index (χ1v) is 9.48. The van der Waals surface area contributed by atoms with E-state index in [2.05, 4.69) is 28.8 Å². The molecule has 0 bridgehead atoms. The van der Waals surface area contributed by atoms with Gasteiger partial charge < -0.3 is 10.5 Å². The number of nitrogens with zero attached hydrogens (tertiary/aromatic N) is 3. The minimum atomic E-state index is 0.362. The van der Waals surface area contributed by atoms with Crippen molar-refractivity contribution in [2.45, 2.75) is 19.0 Å². The second kappa shape index (κ2) is 7.45. The molecular weight excluding hydrogens is 356 g/mol. The number of hydrogen-bond donors (Lipinski definition) is 1. The average molecular weight is 375 g/mol. The number of anilines is 1. The van der Waals surface area contributed by atoms with Crippen LogP contribution < -0.4 is 10.5 Å². The highest BCUT2D eigenvalue weighted by Crippen LogP contribution is 2.40. The molecule has 2 N–H and O–H groups in total. The molecule has 0 spiro atoms. The van der Waals surface area contributed by atoms with Gasteiger partial charge in [0, 0.05) is 22.7 Å². The predicted octanol–water partition coefficient (Wildman–Crippen LogP) is 4.68. The van der Waals surface area contributed by atoms with Crippen molar-refractivity contribution < 1.29 is 4.74 Å². The van der Waals surface area contributed by atoms with E-state index in [1.54, 1.807) is 6.20 Å². The third kappa shape index (κ3) is 3.80. The molecule has 0 radical (unpaired) electrons. The first-order chi connectivity index (χ1) is 12.0. The quantitative estimate of drug-likeness (QED) is 0.516. The van der Waals surface area contributed by atoms with Crippen LogP contribution in [0.4, 0.5) is 5.82 Å². The molecule has 2 heterocycles. The fraction of sp³-hybridized carbons (Fsp3) is 0.278. The molecule has 0 aliphatic rings. The van der Waals surface area contributed by atoms with Gasteiger partial charge in [-0.1, -0.05) is 43.3 Å². The van der Waals surface area contributed by atoms with Gasteiger partial charge in [-0.2, -0.15) is 0 Å². The minimum absolute atomic E-state index is 0.362. The van der Waals surface area contributed by atoms with E-state index in [0.717, 1.165) is 16.5 Å². The summed E-state index contributed by atoms with van der Waals surface area (Å²) in [5, 5.41) is 2.03. The van der Waals surface area contributed by atoms with Crippen molar-refractivity contribution in [1.29, 1.82) is 0 Å². The van der Waals surface area contributed by atoms with Crippen LogP contribution in [0, 0.1) is 5.92 Å². The summed E-state index contributed by atoms with van der Waals surface area (Å²) in [5.74, 6) is 1.45. The summed E-state index contributed by atoms with van der Waals surface area (Å²) in [6, 6.07) is 7.47. The Balaban J connectivity index is 2.14. The van der Waals surface area contributed by atoms with Crippen molar-refractivity contribution in [2.24, 2.45) is 5.92 Å². The number of hydrogen-bond acceptors (Lipinski definition) is 6. The van der Waals surface area contributed by atoms with Crippen LogP contribution in [-0.2, 0) is 0 Å². The number of benzene rings is 1. The van der Waals surface area contributed by atoms with Crippen LogP contribution in [0.5, 0.6) is 5.75 Å². The normalized spacial score (nSPS) is 11.2. The molecule has 3 aromatic rings. The smallest absolute Gasteiger partial charge is 0.189 e. The maximum atomic E-state index is 6.45. The summed E-state index contributed by atoms with van der Waals surface area (Å²) in [5.41, 5.74) is 8.24. The van der Waals surface area contributed by atoms with Crippen LogP contribution in [0.2, 0.25) is 5.02 Å². The summed E-state index contributed by atoms with van der Waals surface area (Å²) in [7, 11) is 0. The number of rotatable bonds is 5. The summed E-state index contributed by atoms with van der Waals surface area (Å²) in [6.07, 6.45) is 3.66. The highest BCUT2D eigenvalue weighted by molar-refractivity contribution is 7.98. The number of nitrogen functional groups attached to an aromatic ring is 1. The Morgan fingerprint density at radius 2 is 2.08 bits per heavy atom. The van der Waals surface area contributed by atoms with Gasteiger partial charge in [0.05, 0.1) is 11.6 Å². The number of thioether (sulfide) groups is 1. The number of ether oxygens (including phenoxy) is 1. The maximum absolute atomic E-state index is 6.45. The van der Waals surface area contributed by atoms with E-state index in [0.29, 0.717) is 39.9 Å². The zero-order valence-electron chi connectivity index (χ0n) is 14.3. The first-order valence-electron chi connectivity index (χ1n) is 7.88. The summed E-state index contributed by atoms with van der Waals surface area (Å²) >= 11 is 7.91. The molecule has 0 unspecified atom stereocenters. The van der Waals surface area contributed by atoms with Gasteiger partial charge in [0.2, 0.25) is 0 Å². The Labute approximate surface area is 156 Å². The SMILES string of the molecule is CSc1ncc2cc(-c3c(Cl)cccc3OCC(C)C)c(N)nc2n1. The highest BCUT2D eigenvalue weighted by atomic mass is 35.5. The third-order valence-electron chi connectivity index (χ3n) is 3.58. The molecule has 0 saturated carbocycles. The lowest BCUT2D eigenvalue weighted by Crippen LogP contribution is -2.06. The van der Waals surface area contributed by atoms with E-state index in [9.17, 15) is 0 Å². The van der Waals surface area contributed by atoms with E-state index >= 15 is 0 Å². The zero-order chi connectivity index (χ0) is 18.0. The maximum Gasteiger partial charge on any atom is 0.189 e. The molecule has 0 aliphatic heterocycles. The van der Waals surface area contributed by atoms with Crippen molar-refractivity contribution in [3.63, 3.8) is 0 Å². The van der Waals surface area contributed by atoms with Gasteiger partial charge in [-0.3, -0.25) is 0 Å². The van der Waals surface area contributed by atoms with Crippen LogP contribution in [0.25, 0.3) is 22.2 Å². The largest absolute Gasteiger partial charge is 0.493 e. The summed E-state index contributed by atoms with van der Waals surface area (Å²) < 4.78 is 5.94. The summed E-state index contributed by atoms with van der Waals surface area (Å²) in [4.78, 5) is 13.1. The molecule has 3 rings (SSSR count). The van der Waals surface area contributed by atoms with Gasteiger partial charge in [0.25, 0.3) is 0 Å². The zero-order valence-corrected chi connectivity index (χ0v) is 15.9. The van der Waals surface area contributed by atoms with E-state index in [1.807, 2.05) is 30.5 Å². The van der Waals surface area contributed by atoms with E-state index in [4.69, 9.17) is 22.1 Å².